The second kappa shape index (κ2) is 3.38. The average Bonchev–Trinajstić information content (AvgIpc) is 2.61. The van der Waals surface area contributed by atoms with Gasteiger partial charge in [0.05, 0.1) is 6.10 Å². The lowest BCUT2D eigenvalue weighted by atomic mass is 10.0. The molecule has 1 saturated heterocycles. The summed E-state index contributed by atoms with van der Waals surface area (Å²) in [6, 6.07) is 2.42. The number of aromatic nitrogens is 2. The fourth-order valence-corrected chi connectivity index (χ4v) is 1.82. The molecule has 0 amide bonds. The summed E-state index contributed by atoms with van der Waals surface area (Å²) in [4.78, 5) is 2.14. The SMILES string of the molecule is C[C@H]1CC[C@H](O)CN1c1cc[nH]n1. The third kappa shape index (κ3) is 1.67. The summed E-state index contributed by atoms with van der Waals surface area (Å²) in [6.07, 6.45) is 3.55. The van der Waals surface area contributed by atoms with Crippen molar-refractivity contribution in [3.05, 3.63) is 12.3 Å². The van der Waals surface area contributed by atoms with Crippen LogP contribution in [0.25, 0.3) is 0 Å². The Morgan fingerprint density at radius 3 is 3.15 bits per heavy atom. The molecule has 1 fully saturated rings. The smallest absolute Gasteiger partial charge is 0.150 e. The van der Waals surface area contributed by atoms with Gasteiger partial charge in [0.2, 0.25) is 0 Å². The van der Waals surface area contributed by atoms with Gasteiger partial charge in [-0.05, 0) is 19.8 Å². The lowest BCUT2D eigenvalue weighted by Gasteiger charge is -2.36. The largest absolute Gasteiger partial charge is 0.391 e. The molecular weight excluding hydrogens is 166 g/mol. The molecule has 1 aliphatic heterocycles. The van der Waals surface area contributed by atoms with Crippen molar-refractivity contribution in [1.82, 2.24) is 10.2 Å². The number of hydrogen-bond donors (Lipinski definition) is 2. The van der Waals surface area contributed by atoms with E-state index in [2.05, 4.69) is 22.0 Å². The van der Waals surface area contributed by atoms with Crippen LogP contribution in [0.1, 0.15) is 19.8 Å². The highest BCUT2D eigenvalue weighted by atomic mass is 16.3. The van der Waals surface area contributed by atoms with Gasteiger partial charge in [-0.2, -0.15) is 5.10 Å². The molecule has 4 heteroatoms. The zero-order valence-corrected chi connectivity index (χ0v) is 7.77. The number of aromatic amines is 1. The van der Waals surface area contributed by atoms with E-state index in [1.165, 1.54) is 0 Å². The number of nitrogens with zero attached hydrogens (tertiary/aromatic N) is 2. The Kier molecular flexibility index (Phi) is 2.22. The third-order valence-electron chi connectivity index (χ3n) is 2.64. The Labute approximate surface area is 77.6 Å². The molecule has 0 spiro atoms. The van der Waals surface area contributed by atoms with Crippen LogP contribution in [0.15, 0.2) is 12.3 Å². The van der Waals surface area contributed by atoms with Crippen molar-refractivity contribution in [2.45, 2.75) is 31.9 Å². The zero-order chi connectivity index (χ0) is 9.26. The molecular formula is C9H15N3O. The average molecular weight is 181 g/mol. The number of β-amino-alcohol motifs (C(OH)–C–C–N with tert-alkyl or cyclic N) is 1. The van der Waals surface area contributed by atoms with Gasteiger partial charge in [-0.1, -0.05) is 0 Å². The summed E-state index contributed by atoms with van der Waals surface area (Å²) < 4.78 is 0. The Morgan fingerprint density at radius 2 is 2.46 bits per heavy atom. The molecule has 72 valence electrons. The minimum atomic E-state index is -0.201. The standard InChI is InChI=1S/C9H15N3O/c1-7-2-3-8(13)6-12(7)9-4-5-10-11-9/h4-5,7-8,13H,2-3,6H2,1H3,(H,10,11)/t7-,8-/m0/s1. The molecule has 0 bridgehead atoms. The normalized spacial score (nSPS) is 29.2. The first-order valence-corrected chi connectivity index (χ1v) is 4.72. The number of rotatable bonds is 1. The molecule has 0 radical (unpaired) electrons. The summed E-state index contributed by atoms with van der Waals surface area (Å²) in [5, 5.41) is 16.4. The van der Waals surface area contributed by atoms with Crippen molar-refractivity contribution in [2.75, 3.05) is 11.4 Å². The van der Waals surface area contributed by atoms with E-state index in [1.807, 2.05) is 12.3 Å². The highest BCUT2D eigenvalue weighted by Crippen LogP contribution is 2.22. The summed E-state index contributed by atoms with van der Waals surface area (Å²) in [5.41, 5.74) is 0. The van der Waals surface area contributed by atoms with E-state index >= 15 is 0 Å². The number of nitrogens with one attached hydrogen (secondary N) is 1. The summed E-state index contributed by atoms with van der Waals surface area (Å²) >= 11 is 0. The highest BCUT2D eigenvalue weighted by molar-refractivity contribution is 5.38. The Morgan fingerprint density at radius 1 is 1.62 bits per heavy atom. The van der Waals surface area contributed by atoms with Gasteiger partial charge in [0.25, 0.3) is 0 Å². The first-order chi connectivity index (χ1) is 6.27. The molecule has 2 atom stereocenters. The number of aliphatic hydroxyl groups excluding tert-OH is 1. The van der Waals surface area contributed by atoms with E-state index in [9.17, 15) is 5.11 Å². The maximum Gasteiger partial charge on any atom is 0.150 e. The van der Waals surface area contributed by atoms with Crippen molar-refractivity contribution in [2.24, 2.45) is 0 Å². The van der Waals surface area contributed by atoms with Gasteiger partial charge in [-0.3, -0.25) is 5.10 Å². The number of piperidine rings is 1. The quantitative estimate of drug-likeness (QED) is 0.672. The fraction of sp³-hybridized carbons (Fsp3) is 0.667. The van der Waals surface area contributed by atoms with Crippen LogP contribution < -0.4 is 4.90 Å². The lowest BCUT2D eigenvalue weighted by molar-refractivity contribution is 0.143. The number of hydrogen-bond acceptors (Lipinski definition) is 3. The summed E-state index contributed by atoms with van der Waals surface area (Å²) in [5.74, 6) is 0.936. The third-order valence-corrected chi connectivity index (χ3v) is 2.64. The first kappa shape index (κ1) is 8.56. The Balaban J connectivity index is 2.12. The van der Waals surface area contributed by atoms with E-state index in [0.717, 1.165) is 18.7 Å². The van der Waals surface area contributed by atoms with E-state index in [-0.39, 0.29) is 6.10 Å². The molecule has 1 aliphatic rings. The molecule has 1 aromatic rings. The monoisotopic (exact) mass is 181 g/mol. The Bertz CT molecular complexity index is 260. The van der Waals surface area contributed by atoms with Gasteiger partial charge in [0.15, 0.2) is 5.82 Å². The summed E-state index contributed by atoms with van der Waals surface area (Å²) in [7, 11) is 0. The number of aliphatic hydroxyl groups is 1. The predicted molar refractivity (Wildman–Crippen MR) is 50.6 cm³/mol. The maximum atomic E-state index is 9.52. The van der Waals surface area contributed by atoms with Crippen molar-refractivity contribution in [3.8, 4) is 0 Å². The van der Waals surface area contributed by atoms with Crippen LogP contribution in [0.5, 0.6) is 0 Å². The van der Waals surface area contributed by atoms with Crippen molar-refractivity contribution in [1.29, 1.82) is 0 Å². The van der Waals surface area contributed by atoms with Gasteiger partial charge in [-0.25, -0.2) is 0 Å². The van der Waals surface area contributed by atoms with E-state index in [4.69, 9.17) is 0 Å². The van der Waals surface area contributed by atoms with Gasteiger partial charge in [0.1, 0.15) is 0 Å². The van der Waals surface area contributed by atoms with E-state index < -0.39 is 0 Å². The molecule has 2 rings (SSSR count). The molecule has 0 unspecified atom stereocenters. The van der Waals surface area contributed by atoms with Gasteiger partial charge < -0.3 is 10.0 Å². The molecule has 2 heterocycles. The zero-order valence-electron chi connectivity index (χ0n) is 7.77. The van der Waals surface area contributed by atoms with Crippen LogP contribution in [-0.4, -0.2) is 34.0 Å². The lowest BCUT2D eigenvalue weighted by Crippen LogP contribution is -2.44. The van der Waals surface area contributed by atoms with Gasteiger partial charge in [-0.15, -0.1) is 0 Å². The van der Waals surface area contributed by atoms with E-state index in [1.54, 1.807) is 0 Å². The van der Waals surface area contributed by atoms with Crippen molar-refractivity contribution >= 4 is 5.82 Å². The van der Waals surface area contributed by atoms with Crippen LogP contribution in [-0.2, 0) is 0 Å². The van der Waals surface area contributed by atoms with Crippen LogP contribution in [0, 0.1) is 0 Å². The minimum absolute atomic E-state index is 0.201. The molecule has 0 saturated carbocycles. The van der Waals surface area contributed by atoms with Crippen LogP contribution >= 0.6 is 0 Å². The topological polar surface area (TPSA) is 52.1 Å². The second-order valence-corrected chi connectivity index (χ2v) is 3.66. The second-order valence-electron chi connectivity index (χ2n) is 3.66. The number of anilines is 1. The maximum absolute atomic E-state index is 9.52. The molecule has 13 heavy (non-hydrogen) atoms. The highest BCUT2D eigenvalue weighted by Gasteiger charge is 2.24. The molecule has 0 aromatic carbocycles. The molecule has 1 aromatic heterocycles. The van der Waals surface area contributed by atoms with Crippen LogP contribution in [0.2, 0.25) is 0 Å². The molecule has 0 aliphatic carbocycles. The summed E-state index contributed by atoms with van der Waals surface area (Å²) in [6.45, 7) is 2.87. The Hall–Kier alpha value is -1.03. The van der Waals surface area contributed by atoms with Gasteiger partial charge in [0, 0.05) is 24.8 Å². The number of H-pyrrole nitrogens is 1. The first-order valence-electron chi connectivity index (χ1n) is 4.72. The van der Waals surface area contributed by atoms with Crippen molar-refractivity contribution < 1.29 is 5.11 Å². The van der Waals surface area contributed by atoms with Crippen LogP contribution in [0.4, 0.5) is 5.82 Å². The minimum Gasteiger partial charge on any atom is -0.391 e. The van der Waals surface area contributed by atoms with Crippen LogP contribution in [0.3, 0.4) is 0 Å². The predicted octanol–water partition coefficient (Wildman–Crippen LogP) is 0.759. The molecule has 2 N–H and O–H groups in total. The fourth-order valence-electron chi connectivity index (χ4n) is 1.82. The van der Waals surface area contributed by atoms with Crippen molar-refractivity contribution in [3.63, 3.8) is 0 Å². The van der Waals surface area contributed by atoms with E-state index in [0.29, 0.717) is 12.6 Å². The molecule has 4 nitrogen and oxygen atoms in total. The van der Waals surface area contributed by atoms with Gasteiger partial charge >= 0.3 is 0 Å².